The van der Waals surface area contributed by atoms with Crippen molar-refractivity contribution < 1.29 is 13.3 Å². The van der Waals surface area contributed by atoms with Gasteiger partial charge in [-0.15, -0.1) is 0 Å². The van der Waals surface area contributed by atoms with E-state index in [-0.39, 0.29) is 5.54 Å². The summed E-state index contributed by atoms with van der Waals surface area (Å²) in [7, 11) is 2.33. The Morgan fingerprint density at radius 2 is 1.53 bits per heavy atom. The highest BCUT2D eigenvalue weighted by atomic mass is 28.4. The van der Waals surface area contributed by atoms with Gasteiger partial charge >= 0.3 is 8.80 Å². The molecule has 17 heavy (non-hydrogen) atoms. The number of rotatable bonds is 6. The Hall–Kier alpha value is -0.943. The van der Waals surface area contributed by atoms with E-state index in [4.69, 9.17) is 13.3 Å². The van der Waals surface area contributed by atoms with Crippen LogP contribution in [0, 0.1) is 0 Å². The van der Waals surface area contributed by atoms with E-state index in [1.807, 2.05) is 25.1 Å². The molecule has 0 aromatic heterocycles. The second-order valence-corrected chi connectivity index (χ2v) is 7.12. The predicted molar refractivity (Wildman–Crippen MR) is 71.7 cm³/mol. The Balaban J connectivity index is 2.77. The van der Waals surface area contributed by atoms with Crippen LogP contribution in [0.3, 0.4) is 0 Å². The first-order valence-electron chi connectivity index (χ1n) is 5.57. The standard InChI is InChI=1S/C13H20O3Si/c1-12(17(14-2,15-3)16-4)10-11-13-8-6-5-7-9-13/h5-12H,1-4H3/b11-10+. The van der Waals surface area contributed by atoms with Crippen molar-refractivity contribution in [2.24, 2.45) is 0 Å². The van der Waals surface area contributed by atoms with E-state index in [0.29, 0.717) is 0 Å². The maximum absolute atomic E-state index is 5.43. The van der Waals surface area contributed by atoms with Crippen LogP contribution in [0.2, 0.25) is 5.54 Å². The van der Waals surface area contributed by atoms with E-state index < -0.39 is 8.80 Å². The molecule has 0 saturated carbocycles. The fourth-order valence-corrected chi connectivity index (χ4v) is 3.69. The smallest absolute Gasteiger partial charge is 0.376 e. The Kier molecular flexibility index (Phi) is 5.57. The quantitative estimate of drug-likeness (QED) is 0.729. The van der Waals surface area contributed by atoms with Crippen LogP contribution in [0.15, 0.2) is 36.4 Å². The molecule has 0 spiro atoms. The lowest BCUT2D eigenvalue weighted by atomic mass is 10.2. The molecule has 0 bridgehead atoms. The minimum Gasteiger partial charge on any atom is -0.376 e. The van der Waals surface area contributed by atoms with Gasteiger partial charge in [0.2, 0.25) is 0 Å². The Morgan fingerprint density at radius 3 is 2.00 bits per heavy atom. The van der Waals surface area contributed by atoms with Gasteiger partial charge in [-0.05, 0) is 5.56 Å². The summed E-state index contributed by atoms with van der Waals surface area (Å²) in [6.45, 7) is 2.04. The van der Waals surface area contributed by atoms with Gasteiger partial charge in [-0.2, -0.15) is 0 Å². The molecule has 0 aliphatic heterocycles. The van der Waals surface area contributed by atoms with Crippen LogP contribution in [0.1, 0.15) is 12.5 Å². The first-order valence-corrected chi connectivity index (χ1v) is 7.37. The van der Waals surface area contributed by atoms with Gasteiger partial charge in [0.25, 0.3) is 0 Å². The van der Waals surface area contributed by atoms with E-state index in [2.05, 4.69) is 24.3 Å². The van der Waals surface area contributed by atoms with Crippen molar-refractivity contribution in [2.45, 2.75) is 12.5 Å². The van der Waals surface area contributed by atoms with Crippen LogP contribution in [0.25, 0.3) is 6.08 Å². The largest absolute Gasteiger partial charge is 0.507 e. The van der Waals surface area contributed by atoms with E-state index in [0.717, 1.165) is 5.56 Å². The summed E-state index contributed by atoms with van der Waals surface area (Å²) in [6, 6.07) is 10.1. The minimum atomic E-state index is -2.56. The summed E-state index contributed by atoms with van der Waals surface area (Å²) < 4.78 is 16.3. The summed E-state index contributed by atoms with van der Waals surface area (Å²) in [5, 5.41) is 0. The molecular weight excluding hydrogens is 232 g/mol. The molecule has 0 radical (unpaired) electrons. The topological polar surface area (TPSA) is 27.7 Å². The van der Waals surface area contributed by atoms with Crippen LogP contribution < -0.4 is 0 Å². The zero-order valence-corrected chi connectivity index (χ0v) is 11.8. The monoisotopic (exact) mass is 252 g/mol. The molecule has 4 heteroatoms. The third kappa shape index (κ3) is 3.51. The molecule has 0 N–H and O–H groups in total. The van der Waals surface area contributed by atoms with Crippen molar-refractivity contribution in [1.29, 1.82) is 0 Å². The lowest BCUT2D eigenvalue weighted by molar-refractivity contribution is 0.118. The number of hydrogen-bond acceptors (Lipinski definition) is 3. The summed E-state index contributed by atoms with van der Waals surface area (Å²) in [5.74, 6) is 0. The normalized spacial score (nSPS) is 14.1. The molecule has 0 saturated heterocycles. The lowest BCUT2D eigenvalue weighted by Gasteiger charge is -2.28. The fourth-order valence-electron chi connectivity index (χ4n) is 1.75. The molecule has 1 aromatic rings. The minimum absolute atomic E-state index is 0.114. The average Bonchev–Trinajstić information content (AvgIpc) is 2.40. The molecule has 1 unspecified atom stereocenters. The van der Waals surface area contributed by atoms with Gasteiger partial charge in [0.15, 0.2) is 0 Å². The molecule has 0 aliphatic carbocycles. The van der Waals surface area contributed by atoms with Crippen molar-refractivity contribution in [3.63, 3.8) is 0 Å². The molecule has 0 amide bonds. The van der Waals surface area contributed by atoms with Gasteiger partial charge in [-0.3, -0.25) is 0 Å². The van der Waals surface area contributed by atoms with E-state index in [1.54, 1.807) is 21.3 Å². The summed E-state index contributed by atoms with van der Waals surface area (Å²) in [6.07, 6.45) is 4.13. The fraction of sp³-hybridized carbons (Fsp3) is 0.385. The molecule has 1 rings (SSSR count). The third-order valence-corrected chi connectivity index (χ3v) is 5.80. The van der Waals surface area contributed by atoms with Gasteiger partial charge in [0.1, 0.15) is 0 Å². The lowest BCUT2D eigenvalue weighted by Crippen LogP contribution is -2.46. The first-order chi connectivity index (χ1) is 8.18. The Bertz CT molecular complexity index is 339. The Labute approximate surface area is 104 Å². The second kappa shape index (κ2) is 6.71. The van der Waals surface area contributed by atoms with Crippen molar-refractivity contribution in [3.8, 4) is 0 Å². The van der Waals surface area contributed by atoms with Gasteiger partial charge in [0, 0.05) is 26.9 Å². The number of hydrogen-bond donors (Lipinski definition) is 0. The van der Waals surface area contributed by atoms with Crippen molar-refractivity contribution in [1.82, 2.24) is 0 Å². The zero-order valence-electron chi connectivity index (χ0n) is 10.8. The molecule has 94 valence electrons. The van der Waals surface area contributed by atoms with Crippen LogP contribution in [-0.4, -0.2) is 30.1 Å². The molecule has 3 nitrogen and oxygen atoms in total. The SMILES string of the molecule is CO[Si](OC)(OC)C(C)/C=C/c1ccccc1. The van der Waals surface area contributed by atoms with Crippen molar-refractivity contribution in [2.75, 3.05) is 21.3 Å². The third-order valence-electron chi connectivity index (χ3n) is 2.79. The van der Waals surface area contributed by atoms with E-state index in [1.165, 1.54) is 0 Å². The van der Waals surface area contributed by atoms with Crippen LogP contribution in [0.4, 0.5) is 0 Å². The van der Waals surface area contributed by atoms with Crippen molar-refractivity contribution >= 4 is 14.9 Å². The molecule has 1 aromatic carbocycles. The van der Waals surface area contributed by atoms with E-state index >= 15 is 0 Å². The molecule has 0 heterocycles. The van der Waals surface area contributed by atoms with Crippen LogP contribution >= 0.6 is 0 Å². The number of allylic oxidation sites excluding steroid dienone is 1. The highest BCUT2D eigenvalue weighted by Gasteiger charge is 2.43. The molecule has 0 fully saturated rings. The van der Waals surface area contributed by atoms with E-state index in [9.17, 15) is 0 Å². The predicted octanol–water partition coefficient (Wildman–Crippen LogP) is 2.97. The maximum Gasteiger partial charge on any atom is 0.507 e. The van der Waals surface area contributed by atoms with Gasteiger partial charge < -0.3 is 13.3 Å². The molecule has 1 atom stereocenters. The summed E-state index contributed by atoms with van der Waals surface area (Å²) >= 11 is 0. The summed E-state index contributed by atoms with van der Waals surface area (Å²) in [4.78, 5) is 0. The van der Waals surface area contributed by atoms with Gasteiger partial charge in [0.05, 0.1) is 0 Å². The van der Waals surface area contributed by atoms with Crippen molar-refractivity contribution in [3.05, 3.63) is 42.0 Å². The highest BCUT2D eigenvalue weighted by molar-refractivity contribution is 6.62. The second-order valence-electron chi connectivity index (χ2n) is 3.77. The van der Waals surface area contributed by atoms with Gasteiger partial charge in [-0.25, -0.2) is 0 Å². The highest BCUT2D eigenvalue weighted by Crippen LogP contribution is 2.25. The average molecular weight is 252 g/mol. The van der Waals surface area contributed by atoms with Crippen LogP contribution in [-0.2, 0) is 13.3 Å². The molecular formula is C13H20O3Si. The Morgan fingerprint density at radius 1 is 1.00 bits per heavy atom. The first kappa shape index (κ1) is 14.1. The number of benzene rings is 1. The van der Waals surface area contributed by atoms with Crippen LogP contribution in [0.5, 0.6) is 0 Å². The maximum atomic E-state index is 5.43. The van der Waals surface area contributed by atoms with Gasteiger partial charge in [-0.1, -0.05) is 49.4 Å². The summed E-state index contributed by atoms with van der Waals surface area (Å²) in [5.41, 5.74) is 1.27. The molecule has 0 aliphatic rings. The zero-order chi connectivity index (χ0) is 12.7.